The third-order valence-electron chi connectivity index (χ3n) is 16.4. The Labute approximate surface area is 350 Å². The van der Waals surface area contributed by atoms with E-state index in [2.05, 4.69) is 90.4 Å². The highest BCUT2D eigenvalue weighted by molar-refractivity contribution is 6.76. The normalized spacial score (nSPS) is 25.9. The Bertz CT molecular complexity index is 1460. The topological polar surface area (TPSA) is 3.24 Å². The molecule has 1 aromatic carbocycles. The van der Waals surface area contributed by atoms with E-state index < -0.39 is 8.24 Å². The summed E-state index contributed by atoms with van der Waals surface area (Å²) < 4.78 is 3.19. The molecule has 1 nitrogen and oxygen atoms in total. The molecule has 0 heterocycles. The molecule has 0 radical (unpaired) electrons. The zero-order valence-electron chi connectivity index (χ0n) is 38.9. The summed E-state index contributed by atoms with van der Waals surface area (Å²) >= 11 is 0. The molecule has 0 spiro atoms. The Balaban J connectivity index is 1.19. The first kappa shape index (κ1) is 44.4. The molecule has 0 N–H and O–H groups in total. The van der Waals surface area contributed by atoms with Crippen LogP contribution in [-0.4, -0.2) is 24.4 Å². The zero-order chi connectivity index (χ0) is 40.0. The van der Waals surface area contributed by atoms with Crippen molar-refractivity contribution in [3.8, 4) is 0 Å². The maximum atomic E-state index is 3.19. The fourth-order valence-electron chi connectivity index (χ4n) is 13.9. The smallest absolute Gasteiger partial charge is 0.126 e. The van der Waals surface area contributed by atoms with Gasteiger partial charge in [0, 0.05) is 17.0 Å². The molecular weight excluding hydrogens is 691 g/mol. The minimum Gasteiger partial charge on any atom is -0.316 e. The fourth-order valence-corrected chi connectivity index (χ4v) is 19.4. The van der Waals surface area contributed by atoms with Gasteiger partial charge in [-0.05, 0) is 128 Å². The van der Waals surface area contributed by atoms with Crippen LogP contribution in [0.25, 0.3) is 5.57 Å². The number of rotatable bonds is 22. The lowest BCUT2D eigenvalue weighted by Crippen LogP contribution is -2.64. The predicted octanol–water partition coefficient (Wildman–Crippen LogP) is 16.9. The first-order valence-corrected chi connectivity index (χ1v) is 28.3. The second-order valence-corrected chi connectivity index (χ2v) is 26.9. The van der Waals surface area contributed by atoms with E-state index in [4.69, 9.17) is 0 Å². The number of allylic oxidation sites excluding steroid dienone is 4. The minimum absolute atomic E-state index is 0.216. The van der Waals surface area contributed by atoms with Crippen molar-refractivity contribution in [1.82, 2.24) is 4.57 Å². The van der Waals surface area contributed by atoms with Gasteiger partial charge in [0.15, 0.2) is 0 Å². The van der Waals surface area contributed by atoms with Crippen molar-refractivity contribution in [2.75, 3.05) is 0 Å². The molecule has 0 aromatic heterocycles. The molecule has 6 rings (SSSR count). The van der Waals surface area contributed by atoms with E-state index in [1.54, 1.807) is 33.4 Å². The number of unbranched alkanes of at least 4 members (excludes halogenated alkanes) is 13. The van der Waals surface area contributed by atoms with Crippen LogP contribution in [-0.2, 0) is 18.3 Å². The molecular formula is C54H91NSi. The van der Waals surface area contributed by atoms with Gasteiger partial charge in [-0.1, -0.05) is 193 Å². The van der Waals surface area contributed by atoms with Crippen LogP contribution in [0, 0.1) is 17.3 Å². The van der Waals surface area contributed by atoms with Crippen molar-refractivity contribution in [3.63, 3.8) is 0 Å². The highest BCUT2D eigenvalue weighted by atomic mass is 28.3. The van der Waals surface area contributed by atoms with Crippen LogP contribution in [0.5, 0.6) is 0 Å². The second kappa shape index (κ2) is 19.5. The van der Waals surface area contributed by atoms with Gasteiger partial charge in [0.2, 0.25) is 0 Å². The summed E-state index contributed by atoms with van der Waals surface area (Å²) in [4.78, 5) is 0. The number of benzene rings is 1. The monoisotopic (exact) mass is 782 g/mol. The molecule has 0 amide bonds. The molecule has 5 aliphatic rings. The largest absolute Gasteiger partial charge is 0.316 e. The summed E-state index contributed by atoms with van der Waals surface area (Å²) in [5, 5.41) is 0. The Morgan fingerprint density at radius 2 is 1.20 bits per heavy atom. The third-order valence-corrected chi connectivity index (χ3v) is 21.2. The maximum Gasteiger partial charge on any atom is 0.126 e. The predicted molar refractivity (Wildman–Crippen MR) is 250 cm³/mol. The third kappa shape index (κ3) is 9.74. The molecule has 0 bridgehead atoms. The van der Waals surface area contributed by atoms with Crippen LogP contribution in [0.4, 0.5) is 0 Å². The quantitative estimate of drug-likeness (QED) is 0.0836. The molecule has 4 unspecified atom stereocenters. The van der Waals surface area contributed by atoms with E-state index in [1.165, 1.54) is 180 Å². The summed E-state index contributed by atoms with van der Waals surface area (Å²) in [5.74, 6) is 1.45. The van der Waals surface area contributed by atoms with Crippen molar-refractivity contribution in [2.45, 2.75) is 264 Å². The zero-order valence-corrected chi connectivity index (χ0v) is 39.9. The number of fused-ring (bicyclic) bond motifs is 5. The molecule has 316 valence electrons. The van der Waals surface area contributed by atoms with Crippen LogP contribution in [0.3, 0.4) is 0 Å². The lowest BCUT2D eigenvalue weighted by Gasteiger charge is -2.55. The Morgan fingerprint density at radius 1 is 0.643 bits per heavy atom. The lowest BCUT2D eigenvalue weighted by molar-refractivity contribution is 0.140. The maximum absolute atomic E-state index is 3.19. The van der Waals surface area contributed by atoms with E-state index in [-0.39, 0.29) is 11.0 Å². The molecule has 2 heteroatoms. The van der Waals surface area contributed by atoms with Crippen LogP contribution in [0.15, 0.2) is 29.9 Å². The van der Waals surface area contributed by atoms with Crippen molar-refractivity contribution in [1.29, 1.82) is 0 Å². The molecule has 2 fully saturated rings. The van der Waals surface area contributed by atoms with Crippen molar-refractivity contribution < 1.29 is 0 Å². The van der Waals surface area contributed by atoms with Crippen LogP contribution in [0.2, 0.25) is 18.6 Å². The van der Waals surface area contributed by atoms with E-state index in [1.807, 2.05) is 0 Å². The van der Waals surface area contributed by atoms with Gasteiger partial charge in [0.05, 0.1) is 0 Å². The summed E-state index contributed by atoms with van der Waals surface area (Å²) in [6.07, 6.45) is 45.2. The van der Waals surface area contributed by atoms with Gasteiger partial charge in [-0.15, -0.1) is 0 Å². The van der Waals surface area contributed by atoms with E-state index in [9.17, 15) is 0 Å². The van der Waals surface area contributed by atoms with Crippen molar-refractivity contribution >= 4 is 13.8 Å². The van der Waals surface area contributed by atoms with Gasteiger partial charge in [0.1, 0.15) is 8.24 Å². The second-order valence-electron chi connectivity index (χ2n) is 22.3. The van der Waals surface area contributed by atoms with Gasteiger partial charge in [0.25, 0.3) is 0 Å². The number of hydrogen-bond acceptors (Lipinski definition) is 1. The van der Waals surface area contributed by atoms with Crippen LogP contribution < -0.4 is 0 Å². The van der Waals surface area contributed by atoms with Gasteiger partial charge in [-0.3, -0.25) is 0 Å². The summed E-state index contributed by atoms with van der Waals surface area (Å²) in [7, 11) is -1.75. The Kier molecular flexibility index (Phi) is 15.5. The van der Waals surface area contributed by atoms with E-state index in [0.717, 1.165) is 23.4 Å². The minimum atomic E-state index is -1.75. The molecule has 0 saturated heterocycles. The first-order chi connectivity index (χ1) is 26.9. The van der Waals surface area contributed by atoms with Gasteiger partial charge >= 0.3 is 0 Å². The Morgan fingerprint density at radius 3 is 1.77 bits per heavy atom. The Hall–Kier alpha value is -1.12. The molecule has 2 saturated carbocycles. The average molecular weight is 782 g/mol. The summed E-state index contributed by atoms with van der Waals surface area (Å²) in [6, 6.07) is 6.41. The standard InChI is InChI=1S/C54H91NSi/c1-10-13-16-17-18-19-20-21-22-23-24-28-33-53(7)40-43-37-48-47-36-42-31-32-51(56(8,9)55(52(4,5)6)45-29-26-25-27-30-45)46(42)39-50(47)54(34-14-11-2,35-15-12-3)49(48)38-44(43)41-53/h36-39,42,45-46,51H,10-35,40-41H2,1-9H3. The highest BCUT2D eigenvalue weighted by Gasteiger charge is 2.55. The summed E-state index contributed by atoms with van der Waals surface area (Å²) in [6.45, 7) is 23.1. The van der Waals surface area contributed by atoms with E-state index in [0.29, 0.717) is 5.41 Å². The SMILES string of the molecule is CCCCCCCCCCCCCCC1(C)Cc2cc3c(cc2C1)C(CCCC)(CCCC)C1=CC2C(C=C13)CCC2[Si](C)(C)N(C1CCCCC1)C(C)(C)C. The van der Waals surface area contributed by atoms with Gasteiger partial charge < -0.3 is 4.57 Å². The van der Waals surface area contributed by atoms with Crippen molar-refractivity contribution in [2.24, 2.45) is 17.3 Å². The highest BCUT2D eigenvalue weighted by Crippen LogP contribution is 2.63. The average Bonchev–Trinajstić information content (AvgIpc) is 3.81. The number of hydrogen-bond donors (Lipinski definition) is 0. The summed E-state index contributed by atoms with van der Waals surface area (Å²) in [5.41, 5.74) is 12.1. The molecule has 56 heavy (non-hydrogen) atoms. The van der Waals surface area contributed by atoms with Crippen molar-refractivity contribution in [3.05, 3.63) is 52.1 Å². The first-order valence-electron chi connectivity index (χ1n) is 25.3. The van der Waals surface area contributed by atoms with Crippen LogP contribution in [0.1, 0.15) is 238 Å². The number of nitrogens with zero attached hydrogens (tertiary/aromatic N) is 1. The molecule has 5 aliphatic carbocycles. The van der Waals surface area contributed by atoms with E-state index >= 15 is 0 Å². The lowest BCUT2D eigenvalue weighted by atomic mass is 9.68. The van der Waals surface area contributed by atoms with Crippen LogP contribution >= 0.6 is 0 Å². The molecule has 0 aliphatic heterocycles. The molecule has 4 atom stereocenters. The van der Waals surface area contributed by atoms with Gasteiger partial charge in [-0.25, -0.2) is 0 Å². The van der Waals surface area contributed by atoms with Gasteiger partial charge in [-0.2, -0.15) is 0 Å². The molecule has 1 aromatic rings. The fraction of sp³-hybridized carbons (Fsp3) is 0.815.